The van der Waals surface area contributed by atoms with E-state index >= 15 is 0 Å². The maximum atomic E-state index is 13.0. The van der Waals surface area contributed by atoms with Gasteiger partial charge in [-0.3, -0.25) is 14.5 Å². The molecule has 0 aliphatic carbocycles. The Morgan fingerprint density at radius 1 is 1.22 bits per heavy atom. The van der Waals surface area contributed by atoms with Crippen LogP contribution in [0.2, 0.25) is 0 Å². The Hall–Kier alpha value is -1.77. The Morgan fingerprint density at radius 3 is 2.56 bits per heavy atom. The Kier molecular flexibility index (Phi) is 6.62. The van der Waals surface area contributed by atoms with Crippen molar-refractivity contribution in [3.8, 4) is 0 Å². The highest BCUT2D eigenvalue weighted by Crippen LogP contribution is 2.32. The molecule has 0 unspecified atom stereocenters. The van der Waals surface area contributed by atoms with Gasteiger partial charge in [0.2, 0.25) is 5.91 Å². The largest absolute Gasteiger partial charge is 0.340 e. The monoisotopic (exact) mass is 407 g/mol. The van der Waals surface area contributed by atoms with Gasteiger partial charge < -0.3 is 9.80 Å². The molecule has 2 aliphatic heterocycles. The van der Waals surface area contributed by atoms with Crippen LogP contribution in [0.25, 0.3) is 6.08 Å². The molecule has 0 radical (unpaired) electrons. The van der Waals surface area contributed by atoms with Crippen LogP contribution in [0.4, 0.5) is 4.39 Å². The first kappa shape index (κ1) is 20.0. The van der Waals surface area contributed by atoms with Gasteiger partial charge in [0.05, 0.1) is 4.91 Å². The smallest absolute Gasteiger partial charge is 0.266 e. The maximum Gasteiger partial charge on any atom is 0.266 e. The number of thioether (sulfide) groups is 1. The number of thiocarbonyl (C=S) groups is 1. The predicted molar refractivity (Wildman–Crippen MR) is 110 cm³/mol. The van der Waals surface area contributed by atoms with Crippen LogP contribution in [0.1, 0.15) is 18.4 Å². The quantitative estimate of drug-likeness (QED) is 0.555. The second kappa shape index (κ2) is 8.95. The van der Waals surface area contributed by atoms with Crippen LogP contribution in [0.3, 0.4) is 0 Å². The van der Waals surface area contributed by atoms with Crippen LogP contribution in [0, 0.1) is 5.82 Å². The minimum Gasteiger partial charge on any atom is -0.340 e. The lowest BCUT2D eigenvalue weighted by Gasteiger charge is -2.32. The third-order valence-corrected chi connectivity index (χ3v) is 6.05. The Labute approximate surface area is 168 Å². The Balaban J connectivity index is 1.52. The molecule has 2 amide bonds. The zero-order valence-electron chi connectivity index (χ0n) is 15.2. The topological polar surface area (TPSA) is 43.9 Å². The number of amides is 2. The van der Waals surface area contributed by atoms with E-state index in [0.717, 1.165) is 31.7 Å². The molecule has 2 aliphatic rings. The van der Waals surface area contributed by atoms with Crippen LogP contribution < -0.4 is 0 Å². The minimum atomic E-state index is -0.315. The molecular weight excluding hydrogens is 385 g/mol. The van der Waals surface area contributed by atoms with Crippen molar-refractivity contribution < 1.29 is 14.0 Å². The van der Waals surface area contributed by atoms with Crippen molar-refractivity contribution in [2.75, 3.05) is 39.8 Å². The molecule has 0 aromatic heterocycles. The van der Waals surface area contributed by atoms with Crippen LogP contribution in [0.15, 0.2) is 29.2 Å². The third kappa shape index (κ3) is 5.15. The number of piperazine rings is 1. The van der Waals surface area contributed by atoms with Crippen molar-refractivity contribution in [1.82, 2.24) is 14.7 Å². The fraction of sp³-hybridized carbons (Fsp3) is 0.421. The van der Waals surface area contributed by atoms with E-state index in [9.17, 15) is 14.0 Å². The van der Waals surface area contributed by atoms with Gasteiger partial charge in [-0.05, 0) is 37.2 Å². The molecule has 0 bridgehead atoms. The molecule has 27 heavy (non-hydrogen) atoms. The van der Waals surface area contributed by atoms with Gasteiger partial charge in [0, 0.05) is 39.1 Å². The molecule has 0 N–H and O–H groups in total. The lowest BCUT2D eigenvalue weighted by Crippen LogP contribution is -2.47. The molecule has 0 spiro atoms. The average Bonchev–Trinajstić information content (AvgIpc) is 2.91. The van der Waals surface area contributed by atoms with Crippen molar-refractivity contribution in [3.05, 3.63) is 40.6 Å². The summed E-state index contributed by atoms with van der Waals surface area (Å²) >= 11 is 6.56. The van der Waals surface area contributed by atoms with Crippen molar-refractivity contribution in [2.24, 2.45) is 0 Å². The summed E-state index contributed by atoms with van der Waals surface area (Å²) in [6.07, 6.45) is 2.72. The second-order valence-corrected chi connectivity index (χ2v) is 8.35. The highest BCUT2D eigenvalue weighted by atomic mass is 32.2. The van der Waals surface area contributed by atoms with E-state index < -0.39 is 0 Å². The summed E-state index contributed by atoms with van der Waals surface area (Å²) in [6, 6.07) is 5.96. The molecule has 0 atom stereocenters. The summed E-state index contributed by atoms with van der Waals surface area (Å²) in [6.45, 7) is 3.75. The van der Waals surface area contributed by atoms with Gasteiger partial charge in [-0.15, -0.1) is 0 Å². The molecule has 2 saturated heterocycles. The van der Waals surface area contributed by atoms with E-state index in [0.29, 0.717) is 28.6 Å². The summed E-state index contributed by atoms with van der Waals surface area (Å²) in [7, 11) is 2.05. The molecule has 2 fully saturated rings. The number of likely N-dealkylation sites (N-methyl/N-ethyl adjacent to an activating group) is 1. The molecule has 3 rings (SSSR count). The number of hydrogen-bond acceptors (Lipinski definition) is 5. The molecule has 2 heterocycles. The molecule has 0 saturated carbocycles. The Bertz CT molecular complexity index is 759. The van der Waals surface area contributed by atoms with Crippen LogP contribution in [-0.2, 0) is 9.59 Å². The van der Waals surface area contributed by atoms with Gasteiger partial charge in [0.1, 0.15) is 10.1 Å². The normalized spacial score (nSPS) is 20.0. The van der Waals surface area contributed by atoms with Crippen molar-refractivity contribution in [2.45, 2.75) is 12.8 Å². The van der Waals surface area contributed by atoms with Crippen molar-refractivity contribution in [3.63, 3.8) is 0 Å². The summed E-state index contributed by atoms with van der Waals surface area (Å²) in [5.74, 6) is -0.332. The van der Waals surface area contributed by atoms with Gasteiger partial charge in [-0.2, -0.15) is 0 Å². The SMILES string of the molecule is CN1CCN(C(=O)CCCN2C(=O)/C(=C/c3ccc(F)cc3)SC2=S)CC1. The molecule has 144 valence electrons. The standard InChI is InChI=1S/C19H22FN3O2S2/c1-21-9-11-22(12-10-21)17(24)3-2-8-23-18(25)16(27-19(23)26)13-14-4-6-15(20)7-5-14/h4-7,13H,2-3,8-12H2,1H3/b16-13-. The van der Waals surface area contributed by atoms with Crippen molar-refractivity contribution >= 4 is 46.2 Å². The summed E-state index contributed by atoms with van der Waals surface area (Å²) < 4.78 is 13.5. The lowest BCUT2D eigenvalue weighted by atomic mass is 10.2. The highest BCUT2D eigenvalue weighted by Gasteiger charge is 2.31. The molecule has 5 nitrogen and oxygen atoms in total. The van der Waals surface area contributed by atoms with E-state index in [1.165, 1.54) is 23.9 Å². The number of hydrogen-bond donors (Lipinski definition) is 0. The van der Waals surface area contributed by atoms with Gasteiger partial charge in [-0.1, -0.05) is 36.1 Å². The van der Waals surface area contributed by atoms with E-state index in [-0.39, 0.29) is 17.6 Å². The van der Waals surface area contributed by atoms with Crippen LogP contribution >= 0.6 is 24.0 Å². The summed E-state index contributed by atoms with van der Waals surface area (Å²) in [4.78, 5) is 31.0. The first-order valence-corrected chi connectivity index (χ1v) is 10.1. The van der Waals surface area contributed by atoms with Crippen LogP contribution in [-0.4, -0.2) is 70.6 Å². The lowest BCUT2D eigenvalue weighted by molar-refractivity contribution is -0.133. The van der Waals surface area contributed by atoms with E-state index in [1.807, 2.05) is 4.90 Å². The molecular formula is C19H22FN3O2S2. The van der Waals surface area contributed by atoms with Crippen LogP contribution in [0.5, 0.6) is 0 Å². The zero-order valence-corrected chi connectivity index (χ0v) is 16.8. The molecule has 8 heteroatoms. The fourth-order valence-corrected chi connectivity index (χ4v) is 4.31. The first-order chi connectivity index (χ1) is 12.9. The highest BCUT2D eigenvalue weighted by molar-refractivity contribution is 8.26. The first-order valence-electron chi connectivity index (χ1n) is 8.91. The second-order valence-electron chi connectivity index (χ2n) is 6.67. The van der Waals surface area contributed by atoms with E-state index in [4.69, 9.17) is 12.2 Å². The average molecular weight is 408 g/mol. The summed E-state index contributed by atoms with van der Waals surface area (Å²) in [5, 5.41) is 0. The number of carbonyl (C=O) groups is 2. The molecule has 1 aromatic carbocycles. The molecule has 1 aromatic rings. The van der Waals surface area contributed by atoms with E-state index in [2.05, 4.69) is 11.9 Å². The van der Waals surface area contributed by atoms with Gasteiger partial charge in [0.25, 0.3) is 5.91 Å². The maximum absolute atomic E-state index is 13.0. The number of benzene rings is 1. The van der Waals surface area contributed by atoms with Gasteiger partial charge in [0.15, 0.2) is 0 Å². The van der Waals surface area contributed by atoms with Gasteiger partial charge in [-0.25, -0.2) is 4.39 Å². The van der Waals surface area contributed by atoms with Crippen molar-refractivity contribution in [1.29, 1.82) is 0 Å². The van der Waals surface area contributed by atoms with E-state index in [1.54, 1.807) is 23.1 Å². The predicted octanol–water partition coefficient (Wildman–Crippen LogP) is 2.58. The number of nitrogens with zero attached hydrogens (tertiary/aromatic N) is 3. The third-order valence-electron chi connectivity index (χ3n) is 4.67. The number of rotatable bonds is 5. The fourth-order valence-electron chi connectivity index (χ4n) is 3.01. The zero-order chi connectivity index (χ0) is 19.4. The number of halogens is 1. The Morgan fingerprint density at radius 2 is 1.89 bits per heavy atom. The number of carbonyl (C=O) groups excluding carboxylic acids is 2. The summed E-state index contributed by atoms with van der Waals surface area (Å²) in [5.41, 5.74) is 0.752. The minimum absolute atomic E-state index is 0.135. The van der Waals surface area contributed by atoms with Gasteiger partial charge >= 0.3 is 0 Å².